The van der Waals surface area contributed by atoms with Gasteiger partial charge in [-0.1, -0.05) is 0 Å². The Bertz CT molecular complexity index is 683. The van der Waals surface area contributed by atoms with Crippen LogP contribution in [0.4, 0.5) is 0 Å². The summed E-state index contributed by atoms with van der Waals surface area (Å²) in [6, 6.07) is 1.97. The third-order valence-corrected chi connectivity index (χ3v) is 4.51. The maximum atomic E-state index is 11.4. The number of carbonyl (C=O) groups excluding carboxylic acids is 1. The van der Waals surface area contributed by atoms with Crippen molar-refractivity contribution in [1.82, 2.24) is 20.2 Å². The largest absolute Gasteiger partial charge is 0.491 e. The third-order valence-electron chi connectivity index (χ3n) is 4.16. The molecule has 8 heteroatoms. The van der Waals surface area contributed by atoms with Crippen LogP contribution in [0.25, 0.3) is 0 Å². The summed E-state index contributed by atoms with van der Waals surface area (Å²) in [6.45, 7) is 6.96. The SMILES string of the molecule is CC(=O)N1CCN(C(=S)N/N=C2/CCOc3cc(C)cnc32)CC1. The lowest BCUT2D eigenvalue weighted by Gasteiger charge is -2.35. The topological polar surface area (TPSA) is 70.1 Å². The number of ether oxygens (including phenoxy) is 1. The van der Waals surface area contributed by atoms with Crippen LogP contribution in [0.2, 0.25) is 0 Å². The number of rotatable bonds is 1. The monoisotopic (exact) mass is 347 g/mol. The van der Waals surface area contributed by atoms with Gasteiger partial charge in [0.2, 0.25) is 5.91 Å². The average Bonchev–Trinajstić information content (AvgIpc) is 2.59. The molecule has 24 heavy (non-hydrogen) atoms. The minimum Gasteiger partial charge on any atom is -0.491 e. The Morgan fingerprint density at radius 1 is 1.33 bits per heavy atom. The molecule has 1 aromatic rings. The van der Waals surface area contributed by atoms with Gasteiger partial charge in [0, 0.05) is 45.7 Å². The predicted octanol–water partition coefficient (Wildman–Crippen LogP) is 0.915. The molecule has 0 spiro atoms. The fourth-order valence-corrected chi connectivity index (χ4v) is 2.99. The molecule has 0 radical (unpaired) electrons. The highest BCUT2D eigenvalue weighted by molar-refractivity contribution is 7.80. The molecule has 0 aliphatic carbocycles. The molecule has 3 rings (SSSR count). The van der Waals surface area contributed by atoms with E-state index in [-0.39, 0.29) is 5.91 Å². The van der Waals surface area contributed by atoms with E-state index in [1.807, 2.05) is 29.0 Å². The van der Waals surface area contributed by atoms with Gasteiger partial charge in [-0.2, -0.15) is 5.10 Å². The summed E-state index contributed by atoms with van der Waals surface area (Å²) in [7, 11) is 0. The van der Waals surface area contributed by atoms with Gasteiger partial charge in [0.25, 0.3) is 0 Å². The number of aryl methyl sites for hydroxylation is 1. The maximum absolute atomic E-state index is 11.4. The van der Waals surface area contributed by atoms with Crippen molar-refractivity contribution in [2.24, 2.45) is 5.10 Å². The van der Waals surface area contributed by atoms with Crippen molar-refractivity contribution in [3.05, 3.63) is 23.5 Å². The van der Waals surface area contributed by atoms with Gasteiger partial charge < -0.3 is 14.5 Å². The smallest absolute Gasteiger partial charge is 0.219 e. The molecule has 0 bridgehead atoms. The average molecular weight is 347 g/mol. The number of nitrogens with one attached hydrogen (secondary N) is 1. The summed E-state index contributed by atoms with van der Waals surface area (Å²) in [6.07, 6.45) is 2.50. The van der Waals surface area contributed by atoms with Crippen LogP contribution in [0.5, 0.6) is 5.75 Å². The highest BCUT2D eigenvalue weighted by atomic mass is 32.1. The second kappa shape index (κ2) is 7.12. The molecule has 0 atom stereocenters. The molecule has 7 nitrogen and oxygen atoms in total. The first-order chi connectivity index (χ1) is 11.5. The first kappa shape index (κ1) is 16.6. The van der Waals surface area contributed by atoms with Crippen LogP contribution in [0.15, 0.2) is 17.4 Å². The first-order valence-corrected chi connectivity index (χ1v) is 8.42. The molecule has 1 saturated heterocycles. The second-order valence-electron chi connectivity index (χ2n) is 5.93. The minimum atomic E-state index is 0.106. The number of amides is 1. The number of hydrogen-bond acceptors (Lipinski definition) is 5. The third kappa shape index (κ3) is 3.64. The van der Waals surface area contributed by atoms with Gasteiger partial charge in [0.05, 0.1) is 12.3 Å². The molecule has 1 amide bonds. The van der Waals surface area contributed by atoms with Crippen molar-refractivity contribution in [2.75, 3.05) is 32.8 Å². The van der Waals surface area contributed by atoms with Gasteiger partial charge in [-0.05, 0) is 30.8 Å². The molecule has 128 valence electrons. The van der Waals surface area contributed by atoms with Crippen LogP contribution in [0.1, 0.15) is 24.6 Å². The van der Waals surface area contributed by atoms with Gasteiger partial charge in [-0.3, -0.25) is 15.2 Å². The number of aromatic nitrogens is 1. The quantitative estimate of drug-likeness (QED) is 0.602. The van der Waals surface area contributed by atoms with Crippen LogP contribution >= 0.6 is 12.2 Å². The molecule has 0 unspecified atom stereocenters. The normalized spacial score (nSPS) is 18.8. The maximum Gasteiger partial charge on any atom is 0.219 e. The van der Waals surface area contributed by atoms with E-state index in [1.54, 1.807) is 6.92 Å². The zero-order valence-electron chi connectivity index (χ0n) is 13.9. The van der Waals surface area contributed by atoms with Crippen molar-refractivity contribution >= 4 is 28.9 Å². The van der Waals surface area contributed by atoms with E-state index >= 15 is 0 Å². The second-order valence-corrected chi connectivity index (χ2v) is 6.31. The van der Waals surface area contributed by atoms with Crippen LogP contribution in [0.3, 0.4) is 0 Å². The van der Waals surface area contributed by atoms with Gasteiger partial charge in [0.15, 0.2) is 5.11 Å². The van der Waals surface area contributed by atoms with Gasteiger partial charge in [-0.15, -0.1) is 0 Å². The molecule has 2 aliphatic heterocycles. The van der Waals surface area contributed by atoms with Crippen LogP contribution in [-0.2, 0) is 4.79 Å². The Morgan fingerprint density at radius 2 is 2.04 bits per heavy atom. The van der Waals surface area contributed by atoms with Gasteiger partial charge in [0.1, 0.15) is 11.4 Å². The lowest BCUT2D eigenvalue weighted by atomic mass is 10.1. The van der Waals surface area contributed by atoms with E-state index in [0.29, 0.717) is 44.3 Å². The number of fused-ring (bicyclic) bond motifs is 1. The fraction of sp³-hybridized carbons (Fsp3) is 0.500. The Morgan fingerprint density at radius 3 is 2.75 bits per heavy atom. The molecular formula is C16H21N5O2S. The van der Waals surface area contributed by atoms with Crippen LogP contribution in [0, 0.1) is 6.92 Å². The zero-order chi connectivity index (χ0) is 17.1. The Hall–Kier alpha value is -2.22. The summed E-state index contributed by atoms with van der Waals surface area (Å²) in [5.74, 6) is 0.872. The Balaban J connectivity index is 1.63. The standard InChI is InChI=1S/C16H21N5O2S/c1-11-9-14-15(17-10-11)13(3-8-23-14)18-19-16(24)21-6-4-20(5-7-21)12(2)22/h9-10H,3-8H2,1-2H3,(H,19,24)/b18-13-. The van der Waals surface area contributed by atoms with Crippen molar-refractivity contribution in [2.45, 2.75) is 20.3 Å². The number of hydrogen-bond donors (Lipinski definition) is 1. The molecule has 1 aromatic heterocycles. The van der Waals surface area contributed by atoms with Crippen molar-refractivity contribution in [3.63, 3.8) is 0 Å². The first-order valence-electron chi connectivity index (χ1n) is 8.01. The Labute approximate surface area is 146 Å². The summed E-state index contributed by atoms with van der Waals surface area (Å²) < 4.78 is 5.64. The van der Waals surface area contributed by atoms with E-state index in [9.17, 15) is 4.79 Å². The number of hydrazone groups is 1. The minimum absolute atomic E-state index is 0.106. The summed E-state index contributed by atoms with van der Waals surface area (Å²) in [4.78, 5) is 19.6. The van der Waals surface area contributed by atoms with E-state index in [4.69, 9.17) is 17.0 Å². The fourth-order valence-electron chi connectivity index (χ4n) is 2.76. The molecule has 3 heterocycles. The van der Waals surface area contributed by atoms with E-state index in [1.165, 1.54) is 0 Å². The number of pyridine rings is 1. The van der Waals surface area contributed by atoms with Crippen molar-refractivity contribution < 1.29 is 9.53 Å². The van der Waals surface area contributed by atoms with Gasteiger partial charge >= 0.3 is 0 Å². The van der Waals surface area contributed by atoms with Crippen molar-refractivity contribution in [1.29, 1.82) is 0 Å². The summed E-state index contributed by atoms with van der Waals surface area (Å²) >= 11 is 5.42. The molecule has 2 aliphatic rings. The van der Waals surface area contributed by atoms with Crippen molar-refractivity contribution in [3.8, 4) is 5.75 Å². The molecular weight excluding hydrogens is 326 g/mol. The molecule has 1 fully saturated rings. The summed E-state index contributed by atoms with van der Waals surface area (Å²) in [5.41, 5.74) is 5.64. The lowest BCUT2D eigenvalue weighted by Crippen LogP contribution is -2.52. The zero-order valence-corrected chi connectivity index (χ0v) is 14.7. The highest BCUT2D eigenvalue weighted by Gasteiger charge is 2.21. The number of piperazine rings is 1. The molecule has 0 saturated carbocycles. The number of thiocarbonyl (C=S) groups is 1. The highest BCUT2D eigenvalue weighted by Crippen LogP contribution is 2.23. The van der Waals surface area contributed by atoms with E-state index in [0.717, 1.165) is 22.7 Å². The molecule has 1 N–H and O–H groups in total. The van der Waals surface area contributed by atoms with E-state index < -0.39 is 0 Å². The lowest BCUT2D eigenvalue weighted by molar-refractivity contribution is -0.130. The van der Waals surface area contributed by atoms with E-state index in [2.05, 4.69) is 15.5 Å². The Kier molecular flexibility index (Phi) is 4.94. The van der Waals surface area contributed by atoms with Crippen LogP contribution in [-0.4, -0.2) is 64.3 Å². The molecule has 0 aromatic carbocycles. The van der Waals surface area contributed by atoms with Gasteiger partial charge in [-0.25, -0.2) is 0 Å². The number of carbonyl (C=O) groups is 1. The van der Waals surface area contributed by atoms with Crippen LogP contribution < -0.4 is 10.2 Å². The predicted molar refractivity (Wildman–Crippen MR) is 95.2 cm³/mol. The number of nitrogens with zero attached hydrogens (tertiary/aromatic N) is 4. The summed E-state index contributed by atoms with van der Waals surface area (Å²) in [5, 5.41) is 5.02.